The summed E-state index contributed by atoms with van der Waals surface area (Å²) in [5, 5.41) is 6.55. The van der Waals surface area contributed by atoms with Gasteiger partial charge in [0.2, 0.25) is 5.91 Å². The summed E-state index contributed by atoms with van der Waals surface area (Å²) in [6.07, 6.45) is 9.21. The minimum Gasteiger partial charge on any atom is -0.354 e. The Kier molecular flexibility index (Phi) is 5.22. The Hall–Kier alpha value is -0.610. The van der Waals surface area contributed by atoms with Gasteiger partial charge in [-0.25, -0.2) is 0 Å². The van der Waals surface area contributed by atoms with Crippen LogP contribution in [0.4, 0.5) is 0 Å². The number of carbonyl (C=O) groups is 1. The molecule has 0 radical (unpaired) electrons. The molecule has 1 heterocycles. The molecule has 1 atom stereocenters. The average molecular weight is 267 g/mol. The molecule has 2 fully saturated rings. The van der Waals surface area contributed by atoms with Crippen LogP contribution in [0, 0.1) is 0 Å². The van der Waals surface area contributed by atoms with E-state index in [0.29, 0.717) is 12.5 Å². The molecule has 4 heteroatoms. The number of carbonyl (C=O) groups excluding carboxylic acids is 1. The van der Waals surface area contributed by atoms with E-state index < -0.39 is 0 Å². The molecule has 1 saturated heterocycles. The highest BCUT2D eigenvalue weighted by Crippen LogP contribution is 2.30. The van der Waals surface area contributed by atoms with Gasteiger partial charge in [0.05, 0.1) is 0 Å². The molecule has 0 aromatic carbocycles. The van der Waals surface area contributed by atoms with Gasteiger partial charge in [0.1, 0.15) is 0 Å². The molecule has 1 aliphatic heterocycles. The van der Waals surface area contributed by atoms with Crippen LogP contribution in [-0.2, 0) is 4.79 Å². The van der Waals surface area contributed by atoms with Crippen LogP contribution in [0.25, 0.3) is 0 Å². The number of nitrogens with one attached hydrogen (secondary N) is 2. The fraction of sp³-hybridized carbons (Fsp3) is 0.933. The first kappa shape index (κ1) is 14.8. The molecule has 1 saturated carbocycles. The quantitative estimate of drug-likeness (QED) is 0.793. The van der Waals surface area contributed by atoms with E-state index in [9.17, 15) is 4.79 Å². The molecule has 0 bridgehead atoms. The standard InChI is InChI=1S/C15H29N3O/c1-16-15(8-4-3-5-9-15)11-14(19)17-12-13-7-6-10-18(13)2/h13,16H,3-12H2,1-2H3,(H,17,19). The molecule has 1 amide bonds. The molecule has 2 aliphatic rings. The lowest BCUT2D eigenvalue weighted by Crippen LogP contribution is -2.49. The van der Waals surface area contributed by atoms with Crippen LogP contribution in [0.5, 0.6) is 0 Å². The molecule has 110 valence electrons. The summed E-state index contributed by atoms with van der Waals surface area (Å²) in [4.78, 5) is 14.5. The van der Waals surface area contributed by atoms with Crippen molar-refractivity contribution in [3.05, 3.63) is 0 Å². The minimum atomic E-state index is 0.0594. The van der Waals surface area contributed by atoms with Crippen LogP contribution in [-0.4, -0.2) is 49.6 Å². The van der Waals surface area contributed by atoms with Crippen molar-refractivity contribution in [3.8, 4) is 0 Å². The monoisotopic (exact) mass is 267 g/mol. The summed E-state index contributed by atoms with van der Waals surface area (Å²) < 4.78 is 0. The van der Waals surface area contributed by atoms with Crippen molar-refractivity contribution in [1.29, 1.82) is 0 Å². The van der Waals surface area contributed by atoms with Crippen molar-refractivity contribution in [2.45, 2.75) is 62.9 Å². The van der Waals surface area contributed by atoms with Gasteiger partial charge in [-0.1, -0.05) is 19.3 Å². The molecule has 0 aromatic rings. The topological polar surface area (TPSA) is 44.4 Å². The van der Waals surface area contributed by atoms with Crippen molar-refractivity contribution >= 4 is 5.91 Å². The van der Waals surface area contributed by atoms with Gasteiger partial charge in [-0.3, -0.25) is 4.79 Å². The smallest absolute Gasteiger partial charge is 0.221 e. The van der Waals surface area contributed by atoms with E-state index in [0.717, 1.165) is 19.4 Å². The van der Waals surface area contributed by atoms with Gasteiger partial charge in [0.25, 0.3) is 0 Å². The Morgan fingerprint density at radius 3 is 2.58 bits per heavy atom. The lowest BCUT2D eigenvalue weighted by Gasteiger charge is -2.36. The SMILES string of the molecule is CNC1(CC(=O)NCC2CCCN2C)CCCCC1. The highest BCUT2D eigenvalue weighted by Gasteiger charge is 2.32. The van der Waals surface area contributed by atoms with E-state index in [1.165, 1.54) is 38.6 Å². The molecule has 4 nitrogen and oxygen atoms in total. The number of nitrogens with zero attached hydrogens (tertiary/aromatic N) is 1. The molecule has 0 aromatic heterocycles. The summed E-state index contributed by atoms with van der Waals surface area (Å²) >= 11 is 0. The zero-order valence-electron chi connectivity index (χ0n) is 12.5. The Morgan fingerprint density at radius 1 is 1.26 bits per heavy atom. The summed E-state index contributed by atoms with van der Waals surface area (Å²) in [5.74, 6) is 0.219. The van der Waals surface area contributed by atoms with E-state index in [1.807, 2.05) is 7.05 Å². The lowest BCUT2D eigenvalue weighted by atomic mass is 9.79. The fourth-order valence-corrected chi connectivity index (χ4v) is 3.58. The fourth-order valence-electron chi connectivity index (χ4n) is 3.58. The van der Waals surface area contributed by atoms with Crippen LogP contribution >= 0.6 is 0 Å². The summed E-state index contributed by atoms with van der Waals surface area (Å²) in [6, 6.07) is 0.542. The number of amides is 1. The van der Waals surface area contributed by atoms with Crippen molar-refractivity contribution in [3.63, 3.8) is 0 Å². The van der Waals surface area contributed by atoms with Gasteiger partial charge < -0.3 is 15.5 Å². The Balaban J connectivity index is 1.76. The number of likely N-dealkylation sites (tertiary alicyclic amines) is 1. The molecule has 1 unspecified atom stereocenters. The molecule has 19 heavy (non-hydrogen) atoms. The number of likely N-dealkylation sites (N-methyl/N-ethyl adjacent to an activating group) is 1. The van der Waals surface area contributed by atoms with Crippen LogP contribution < -0.4 is 10.6 Å². The van der Waals surface area contributed by atoms with E-state index >= 15 is 0 Å². The van der Waals surface area contributed by atoms with Crippen LogP contribution in [0.2, 0.25) is 0 Å². The molecule has 2 N–H and O–H groups in total. The summed E-state index contributed by atoms with van der Waals surface area (Å²) in [5.41, 5.74) is 0.0594. The molecule has 0 spiro atoms. The largest absolute Gasteiger partial charge is 0.354 e. The van der Waals surface area contributed by atoms with Gasteiger partial charge >= 0.3 is 0 Å². The third kappa shape index (κ3) is 3.93. The second-order valence-corrected chi connectivity index (χ2v) is 6.35. The van der Waals surface area contributed by atoms with Gasteiger partial charge in [-0.15, -0.1) is 0 Å². The van der Waals surface area contributed by atoms with Gasteiger partial charge in [0.15, 0.2) is 0 Å². The number of rotatable bonds is 5. The predicted molar refractivity (Wildman–Crippen MR) is 78.2 cm³/mol. The normalized spacial score (nSPS) is 27.4. The molecule has 1 aliphatic carbocycles. The van der Waals surface area contributed by atoms with Crippen molar-refractivity contribution in [2.24, 2.45) is 0 Å². The second-order valence-electron chi connectivity index (χ2n) is 6.35. The highest BCUT2D eigenvalue weighted by molar-refractivity contribution is 5.77. The Labute approximate surface area is 117 Å². The molecular weight excluding hydrogens is 238 g/mol. The van der Waals surface area contributed by atoms with Crippen molar-refractivity contribution < 1.29 is 4.79 Å². The van der Waals surface area contributed by atoms with E-state index in [1.54, 1.807) is 0 Å². The van der Waals surface area contributed by atoms with Gasteiger partial charge in [-0.05, 0) is 46.3 Å². The second kappa shape index (κ2) is 6.71. The van der Waals surface area contributed by atoms with Crippen molar-refractivity contribution in [2.75, 3.05) is 27.2 Å². The number of hydrogen-bond donors (Lipinski definition) is 2. The van der Waals surface area contributed by atoms with E-state index in [2.05, 4.69) is 22.6 Å². The predicted octanol–water partition coefficient (Wildman–Crippen LogP) is 1.51. The Morgan fingerprint density at radius 2 is 2.00 bits per heavy atom. The third-order valence-electron chi connectivity index (χ3n) is 5.05. The first-order valence-corrected chi connectivity index (χ1v) is 7.81. The lowest BCUT2D eigenvalue weighted by molar-refractivity contribution is -0.123. The average Bonchev–Trinajstić information content (AvgIpc) is 2.83. The highest BCUT2D eigenvalue weighted by atomic mass is 16.1. The van der Waals surface area contributed by atoms with E-state index in [4.69, 9.17) is 0 Å². The zero-order chi connectivity index (χ0) is 13.7. The van der Waals surface area contributed by atoms with Crippen LogP contribution in [0.1, 0.15) is 51.4 Å². The third-order valence-corrected chi connectivity index (χ3v) is 5.05. The van der Waals surface area contributed by atoms with E-state index in [-0.39, 0.29) is 11.4 Å². The molecule has 2 rings (SSSR count). The molecular formula is C15H29N3O. The van der Waals surface area contributed by atoms with Gasteiger partial charge in [0, 0.05) is 24.5 Å². The van der Waals surface area contributed by atoms with Gasteiger partial charge in [-0.2, -0.15) is 0 Å². The van der Waals surface area contributed by atoms with Crippen molar-refractivity contribution in [1.82, 2.24) is 15.5 Å². The minimum absolute atomic E-state index is 0.0594. The summed E-state index contributed by atoms with van der Waals surface area (Å²) in [6.45, 7) is 1.98. The first-order chi connectivity index (χ1) is 9.15. The van der Waals surface area contributed by atoms with Crippen LogP contribution in [0.15, 0.2) is 0 Å². The number of hydrogen-bond acceptors (Lipinski definition) is 3. The zero-order valence-corrected chi connectivity index (χ0v) is 12.5. The maximum absolute atomic E-state index is 12.2. The maximum Gasteiger partial charge on any atom is 0.221 e. The van der Waals surface area contributed by atoms with Crippen LogP contribution in [0.3, 0.4) is 0 Å². The Bertz CT molecular complexity index is 300. The first-order valence-electron chi connectivity index (χ1n) is 7.81. The summed E-state index contributed by atoms with van der Waals surface area (Å²) in [7, 11) is 4.16. The maximum atomic E-state index is 12.2.